The third-order valence-electron chi connectivity index (χ3n) is 3.19. The normalized spacial score (nSPS) is 13.4. The summed E-state index contributed by atoms with van der Waals surface area (Å²) in [6, 6.07) is 2.62. The molecule has 1 aromatic rings. The number of rotatable bonds is 5. The number of amides is 1. The van der Waals surface area contributed by atoms with Crippen LogP contribution in [0.15, 0.2) is 0 Å². The number of anilines is 1. The molecular formula is C14H19N3OS. The fraction of sp³-hybridized carbons (Fsp3) is 0.571. The first-order valence-corrected chi connectivity index (χ1v) is 7.51. The Morgan fingerprint density at radius 1 is 1.47 bits per heavy atom. The highest BCUT2D eigenvalue weighted by molar-refractivity contribution is 7.16. The van der Waals surface area contributed by atoms with Gasteiger partial charge in [-0.15, -0.1) is 11.3 Å². The maximum Gasteiger partial charge on any atom is 0.226 e. The lowest BCUT2D eigenvalue weighted by Gasteiger charge is -2.08. The molecule has 0 atom stereocenters. The molecule has 0 bridgehead atoms. The van der Waals surface area contributed by atoms with Crippen LogP contribution < -0.4 is 10.6 Å². The number of hydrogen-bond donors (Lipinski definition) is 2. The molecule has 0 saturated heterocycles. The molecule has 19 heavy (non-hydrogen) atoms. The summed E-state index contributed by atoms with van der Waals surface area (Å²) in [7, 11) is 0. The highest BCUT2D eigenvalue weighted by Crippen LogP contribution is 2.38. The van der Waals surface area contributed by atoms with Crippen molar-refractivity contribution in [2.45, 2.75) is 45.6 Å². The predicted molar refractivity (Wildman–Crippen MR) is 77.4 cm³/mol. The number of aryl methyl sites for hydroxylation is 1. The second-order valence-corrected chi connectivity index (χ2v) is 6.19. The molecule has 0 aliphatic heterocycles. The number of carbonyl (C=O) groups is 1. The summed E-state index contributed by atoms with van der Waals surface area (Å²) in [5, 5.41) is 16.1. The molecule has 1 aliphatic carbocycles. The molecule has 1 amide bonds. The molecule has 2 rings (SSSR count). The van der Waals surface area contributed by atoms with E-state index in [1.807, 2.05) is 0 Å². The minimum atomic E-state index is -0.0235. The summed E-state index contributed by atoms with van der Waals surface area (Å²) in [5.74, 6) is -0.0235. The van der Waals surface area contributed by atoms with E-state index in [9.17, 15) is 10.1 Å². The van der Waals surface area contributed by atoms with Gasteiger partial charge in [0, 0.05) is 23.9 Å². The molecule has 0 saturated carbocycles. The smallest absolute Gasteiger partial charge is 0.226 e. The van der Waals surface area contributed by atoms with Crippen LogP contribution in [0.25, 0.3) is 0 Å². The van der Waals surface area contributed by atoms with E-state index in [1.165, 1.54) is 4.88 Å². The average molecular weight is 277 g/mol. The van der Waals surface area contributed by atoms with Crippen molar-refractivity contribution in [2.75, 3.05) is 11.9 Å². The first kappa shape index (κ1) is 14.0. The fourth-order valence-corrected chi connectivity index (χ4v) is 3.53. The largest absolute Gasteiger partial charge is 0.317 e. The van der Waals surface area contributed by atoms with E-state index in [2.05, 4.69) is 30.6 Å². The lowest BCUT2D eigenvalue weighted by Crippen LogP contribution is -2.27. The summed E-state index contributed by atoms with van der Waals surface area (Å²) >= 11 is 1.57. The third-order valence-corrected chi connectivity index (χ3v) is 4.40. The number of carbonyl (C=O) groups excluding carboxylic acids is 1. The average Bonchev–Trinajstić information content (AvgIpc) is 2.88. The van der Waals surface area contributed by atoms with Crippen LogP contribution in [0.1, 0.15) is 42.7 Å². The summed E-state index contributed by atoms with van der Waals surface area (Å²) in [6.07, 6.45) is 3.58. The van der Waals surface area contributed by atoms with Crippen LogP contribution in [0.2, 0.25) is 0 Å². The number of nitriles is 1. The van der Waals surface area contributed by atoms with Gasteiger partial charge in [-0.25, -0.2) is 0 Å². The first-order valence-electron chi connectivity index (χ1n) is 6.69. The Bertz CT molecular complexity index is 513. The van der Waals surface area contributed by atoms with Crippen molar-refractivity contribution in [1.29, 1.82) is 5.26 Å². The van der Waals surface area contributed by atoms with Gasteiger partial charge in [0.1, 0.15) is 11.1 Å². The van der Waals surface area contributed by atoms with Gasteiger partial charge in [0.2, 0.25) is 5.91 Å². The van der Waals surface area contributed by atoms with Gasteiger partial charge in [-0.05, 0) is 24.8 Å². The van der Waals surface area contributed by atoms with Gasteiger partial charge in [-0.2, -0.15) is 5.26 Å². The van der Waals surface area contributed by atoms with Crippen molar-refractivity contribution < 1.29 is 4.79 Å². The molecule has 0 spiro atoms. The second-order valence-electron chi connectivity index (χ2n) is 5.08. The van der Waals surface area contributed by atoms with Crippen LogP contribution in [0.4, 0.5) is 5.00 Å². The van der Waals surface area contributed by atoms with Gasteiger partial charge >= 0.3 is 0 Å². The minimum absolute atomic E-state index is 0.0235. The van der Waals surface area contributed by atoms with E-state index < -0.39 is 0 Å². The van der Waals surface area contributed by atoms with E-state index >= 15 is 0 Å². The number of nitrogens with one attached hydrogen (secondary N) is 2. The summed E-state index contributed by atoms with van der Waals surface area (Å²) in [6.45, 7) is 4.77. The van der Waals surface area contributed by atoms with Gasteiger partial charge in [0.25, 0.3) is 0 Å². The maximum atomic E-state index is 11.8. The molecular weight excluding hydrogens is 258 g/mol. The van der Waals surface area contributed by atoms with Gasteiger partial charge in [0.05, 0.1) is 5.56 Å². The molecule has 1 aromatic heterocycles. The Hall–Kier alpha value is -1.38. The van der Waals surface area contributed by atoms with Crippen molar-refractivity contribution in [2.24, 2.45) is 0 Å². The van der Waals surface area contributed by atoms with Crippen molar-refractivity contribution in [1.82, 2.24) is 5.32 Å². The summed E-state index contributed by atoms with van der Waals surface area (Å²) in [5.41, 5.74) is 1.84. The monoisotopic (exact) mass is 277 g/mol. The van der Waals surface area contributed by atoms with Gasteiger partial charge in [-0.1, -0.05) is 13.8 Å². The van der Waals surface area contributed by atoms with Crippen LogP contribution in [0, 0.1) is 11.3 Å². The zero-order chi connectivity index (χ0) is 13.8. The lowest BCUT2D eigenvalue weighted by molar-refractivity contribution is -0.116. The van der Waals surface area contributed by atoms with Gasteiger partial charge in [-0.3, -0.25) is 4.79 Å². The van der Waals surface area contributed by atoms with Crippen LogP contribution in [-0.4, -0.2) is 18.5 Å². The highest BCUT2D eigenvalue weighted by Gasteiger charge is 2.22. The molecule has 4 nitrogen and oxygen atoms in total. The second kappa shape index (κ2) is 6.18. The molecule has 0 unspecified atom stereocenters. The minimum Gasteiger partial charge on any atom is -0.317 e. The highest BCUT2D eigenvalue weighted by atomic mass is 32.1. The van der Waals surface area contributed by atoms with Crippen LogP contribution >= 0.6 is 11.3 Å². The SMILES string of the molecule is CC(C)NCCC(=O)Nc1sc2c(c1C#N)CCC2. The maximum absolute atomic E-state index is 11.8. The topological polar surface area (TPSA) is 64.9 Å². The summed E-state index contributed by atoms with van der Waals surface area (Å²) in [4.78, 5) is 13.1. The van der Waals surface area contributed by atoms with Crippen LogP contribution in [0.3, 0.4) is 0 Å². The number of fused-ring (bicyclic) bond motifs is 1. The Morgan fingerprint density at radius 3 is 2.95 bits per heavy atom. The number of nitrogens with zero attached hydrogens (tertiary/aromatic N) is 1. The van der Waals surface area contributed by atoms with E-state index in [0.717, 1.165) is 29.8 Å². The first-order chi connectivity index (χ1) is 9.11. The Labute approximate surface area is 117 Å². The van der Waals surface area contributed by atoms with E-state index in [-0.39, 0.29) is 5.91 Å². The Kier molecular flexibility index (Phi) is 4.56. The number of hydrogen-bond acceptors (Lipinski definition) is 4. The van der Waals surface area contributed by atoms with Crippen LogP contribution in [0.5, 0.6) is 0 Å². The van der Waals surface area contributed by atoms with Crippen LogP contribution in [-0.2, 0) is 17.6 Å². The predicted octanol–water partition coefficient (Wildman–Crippen LogP) is 2.44. The molecule has 102 valence electrons. The fourth-order valence-electron chi connectivity index (χ4n) is 2.27. The molecule has 5 heteroatoms. The van der Waals surface area contributed by atoms with E-state index in [1.54, 1.807) is 11.3 Å². The van der Waals surface area contributed by atoms with E-state index in [4.69, 9.17) is 0 Å². The standard InChI is InChI=1S/C14H19N3OS/c1-9(2)16-7-6-13(18)17-14-11(8-15)10-4-3-5-12(10)19-14/h9,16H,3-7H2,1-2H3,(H,17,18). The van der Waals surface area contributed by atoms with Crippen molar-refractivity contribution in [3.8, 4) is 6.07 Å². The van der Waals surface area contributed by atoms with Crippen molar-refractivity contribution >= 4 is 22.2 Å². The summed E-state index contributed by atoms with van der Waals surface area (Å²) < 4.78 is 0. The van der Waals surface area contributed by atoms with E-state index in [0.29, 0.717) is 24.6 Å². The molecule has 1 heterocycles. The molecule has 1 aliphatic rings. The molecule has 0 fully saturated rings. The van der Waals surface area contributed by atoms with Gasteiger partial charge in [0.15, 0.2) is 0 Å². The van der Waals surface area contributed by atoms with Crippen molar-refractivity contribution in [3.05, 3.63) is 16.0 Å². The third kappa shape index (κ3) is 3.34. The lowest BCUT2D eigenvalue weighted by atomic mass is 10.1. The number of thiophene rings is 1. The molecule has 2 N–H and O–H groups in total. The quantitative estimate of drug-likeness (QED) is 0.868. The Morgan fingerprint density at radius 2 is 2.26 bits per heavy atom. The molecule has 0 aromatic carbocycles. The van der Waals surface area contributed by atoms with Crippen molar-refractivity contribution in [3.63, 3.8) is 0 Å². The van der Waals surface area contributed by atoms with Gasteiger partial charge < -0.3 is 10.6 Å². The Balaban J connectivity index is 1.96. The molecule has 0 radical (unpaired) electrons. The zero-order valence-corrected chi connectivity index (χ0v) is 12.2. The zero-order valence-electron chi connectivity index (χ0n) is 11.4.